The van der Waals surface area contributed by atoms with Crippen LogP contribution in [0.2, 0.25) is 0 Å². The average molecular weight is 721 g/mol. The van der Waals surface area contributed by atoms with Crippen molar-refractivity contribution < 1.29 is 4.42 Å². The molecule has 54 heavy (non-hydrogen) atoms. The van der Waals surface area contributed by atoms with Gasteiger partial charge in [-0.2, -0.15) is 0 Å². The van der Waals surface area contributed by atoms with Gasteiger partial charge in [0.2, 0.25) is 0 Å². The summed E-state index contributed by atoms with van der Waals surface area (Å²) in [6.45, 7) is 13.6. The van der Waals surface area contributed by atoms with Crippen molar-refractivity contribution in [1.29, 1.82) is 0 Å². The normalized spacial score (nSPS) is 12.3. The number of hydrogen-bond donors (Lipinski definition) is 0. The number of hydrogen-bond acceptors (Lipinski definition) is 4. The van der Waals surface area contributed by atoms with E-state index in [0.717, 1.165) is 56.1 Å². The lowest BCUT2D eigenvalue weighted by molar-refractivity contribution is 0.590. The van der Waals surface area contributed by atoms with Gasteiger partial charge in [0.1, 0.15) is 5.58 Å². The van der Waals surface area contributed by atoms with E-state index in [9.17, 15) is 0 Å². The highest BCUT2D eigenvalue weighted by atomic mass is 32.1. The van der Waals surface area contributed by atoms with Crippen molar-refractivity contribution in [3.05, 3.63) is 169 Å². The summed E-state index contributed by atoms with van der Waals surface area (Å²) in [5, 5.41) is 4.69. The van der Waals surface area contributed by atoms with E-state index in [4.69, 9.17) is 4.42 Å². The zero-order valence-corrected chi connectivity index (χ0v) is 32.5. The molecule has 0 unspecified atom stereocenters. The molecule has 0 N–H and O–H groups in total. The van der Waals surface area contributed by atoms with Gasteiger partial charge in [0.05, 0.1) is 11.4 Å². The summed E-state index contributed by atoms with van der Waals surface area (Å²) >= 11 is 1.85. The van der Waals surface area contributed by atoms with Crippen LogP contribution < -0.4 is 9.80 Å². The van der Waals surface area contributed by atoms with Crippen molar-refractivity contribution >= 4 is 87.6 Å². The molecule has 7 aromatic carbocycles. The molecule has 2 heterocycles. The second kappa shape index (κ2) is 12.9. The van der Waals surface area contributed by atoms with Crippen LogP contribution in [0.15, 0.2) is 162 Å². The zero-order chi connectivity index (χ0) is 37.2. The number of nitrogens with zero attached hydrogens (tertiary/aromatic N) is 2. The van der Waals surface area contributed by atoms with Crippen LogP contribution in [-0.2, 0) is 10.8 Å². The Morgan fingerprint density at radius 1 is 0.426 bits per heavy atom. The van der Waals surface area contributed by atoms with Gasteiger partial charge in [-0.1, -0.05) is 133 Å². The third-order valence-electron chi connectivity index (χ3n) is 10.6. The van der Waals surface area contributed by atoms with Crippen LogP contribution in [0.1, 0.15) is 52.7 Å². The molecule has 0 aliphatic rings. The fourth-order valence-electron chi connectivity index (χ4n) is 7.69. The molecular formula is C50H44N2OS. The monoisotopic (exact) mass is 720 g/mol. The number of furan rings is 1. The van der Waals surface area contributed by atoms with Gasteiger partial charge in [0.15, 0.2) is 5.58 Å². The number of benzene rings is 7. The SMILES string of the molecule is CC(C)(C)c1ccc(N(c2ccc(C(C)(C)C)cc2)c2cc(N(c3ccccc3)c3cccc4c3oc3ccccc34)c3c(c2)sc2ccccc23)cc1. The summed E-state index contributed by atoms with van der Waals surface area (Å²) in [5.41, 5.74) is 11.0. The Morgan fingerprint density at radius 2 is 0.981 bits per heavy atom. The van der Waals surface area contributed by atoms with E-state index < -0.39 is 0 Å². The lowest BCUT2D eigenvalue weighted by Gasteiger charge is -2.31. The predicted molar refractivity (Wildman–Crippen MR) is 233 cm³/mol. The van der Waals surface area contributed by atoms with Crippen molar-refractivity contribution in [3.63, 3.8) is 0 Å². The standard InChI is InChI=1S/C50H44N2OS/c1-49(2,3)33-23-27-36(28-24-33)51(37-29-25-34(26-30-37)50(4,5)6)38-31-43(47-41-18-11-13-22-45(41)54-46(47)32-38)52(35-15-8-7-9-16-35)42-20-14-19-40-39-17-10-12-21-44(39)53-48(40)42/h7-32H,1-6H3. The first-order valence-corrected chi connectivity index (χ1v) is 19.6. The van der Waals surface area contributed by atoms with E-state index in [2.05, 4.69) is 203 Å². The van der Waals surface area contributed by atoms with Crippen molar-refractivity contribution in [2.75, 3.05) is 9.80 Å². The van der Waals surface area contributed by atoms with Crippen molar-refractivity contribution in [3.8, 4) is 0 Å². The van der Waals surface area contributed by atoms with Crippen LogP contribution in [0.4, 0.5) is 34.1 Å². The molecule has 0 spiro atoms. The first-order chi connectivity index (χ1) is 26.0. The van der Waals surface area contributed by atoms with Gasteiger partial charge in [-0.15, -0.1) is 11.3 Å². The molecule has 0 aliphatic carbocycles. The van der Waals surface area contributed by atoms with Crippen LogP contribution in [0.5, 0.6) is 0 Å². The summed E-state index contributed by atoms with van der Waals surface area (Å²) < 4.78 is 9.22. The van der Waals surface area contributed by atoms with Crippen LogP contribution in [-0.4, -0.2) is 0 Å². The topological polar surface area (TPSA) is 19.6 Å². The van der Waals surface area contributed by atoms with Gasteiger partial charge < -0.3 is 14.2 Å². The van der Waals surface area contributed by atoms with Gasteiger partial charge in [-0.3, -0.25) is 0 Å². The van der Waals surface area contributed by atoms with Gasteiger partial charge in [0, 0.05) is 53.7 Å². The maximum absolute atomic E-state index is 6.73. The number of para-hydroxylation sites is 3. The molecule has 9 aromatic rings. The Balaban J connectivity index is 1.35. The highest BCUT2D eigenvalue weighted by Gasteiger charge is 2.26. The quantitative estimate of drug-likeness (QED) is 0.170. The molecule has 0 saturated heterocycles. The van der Waals surface area contributed by atoms with E-state index >= 15 is 0 Å². The predicted octanol–water partition coefficient (Wildman–Crippen LogP) is 15.5. The van der Waals surface area contributed by atoms with Crippen LogP contribution in [0.3, 0.4) is 0 Å². The fourth-order valence-corrected chi connectivity index (χ4v) is 8.85. The van der Waals surface area contributed by atoms with E-state index in [-0.39, 0.29) is 10.8 Å². The lowest BCUT2D eigenvalue weighted by Crippen LogP contribution is -2.15. The molecule has 4 heteroatoms. The van der Waals surface area contributed by atoms with Gasteiger partial charge in [0.25, 0.3) is 0 Å². The Kier molecular flexibility index (Phi) is 8.13. The fraction of sp³-hybridized carbons (Fsp3) is 0.160. The summed E-state index contributed by atoms with van der Waals surface area (Å²) in [6, 6.07) is 57.3. The molecule has 0 bridgehead atoms. The van der Waals surface area contributed by atoms with Crippen LogP contribution >= 0.6 is 11.3 Å². The van der Waals surface area contributed by atoms with Crippen LogP contribution in [0.25, 0.3) is 42.1 Å². The van der Waals surface area contributed by atoms with Gasteiger partial charge >= 0.3 is 0 Å². The molecule has 0 aliphatic heterocycles. The number of thiophene rings is 1. The molecule has 0 saturated carbocycles. The molecule has 0 amide bonds. The largest absolute Gasteiger partial charge is 0.454 e. The van der Waals surface area contributed by atoms with Crippen LogP contribution in [0, 0.1) is 0 Å². The smallest absolute Gasteiger partial charge is 0.159 e. The van der Waals surface area contributed by atoms with E-state index in [1.54, 1.807) is 0 Å². The minimum absolute atomic E-state index is 0.0503. The maximum atomic E-state index is 6.73. The van der Waals surface area contributed by atoms with Crippen molar-refractivity contribution in [1.82, 2.24) is 0 Å². The average Bonchev–Trinajstić information content (AvgIpc) is 3.74. The Labute approximate surface area is 321 Å². The molecule has 2 aromatic heterocycles. The minimum Gasteiger partial charge on any atom is -0.454 e. The zero-order valence-electron chi connectivity index (χ0n) is 31.7. The second-order valence-corrected chi connectivity index (χ2v) is 17.4. The highest BCUT2D eigenvalue weighted by molar-refractivity contribution is 7.26. The maximum Gasteiger partial charge on any atom is 0.159 e. The van der Waals surface area contributed by atoms with Crippen molar-refractivity contribution in [2.45, 2.75) is 52.4 Å². The number of anilines is 6. The molecule has 266 valence electrons. The van der Waals surface area contributed by atoms with E-state index in [1.165, 1.54) is 31.3 Å². The molecule has 0 fully saturated rings. The van der Waals surface area contributed by atoms with Gasteiger partial charge in [-0.05, 0) is 88.7 Å². The highest BCUT2D eigenvalue weighted by Crippen LogP contribution is 2.50. The first kappa shape index (κ1) is 34.0. The first-order valence-electron chi connectivity index (χ1n) is 18.8. The number of fused-ring (bicyclic) bond motifs is 6. The Hall–Kier alpha value is -5.84. The molecule has 0 atom stereocenters. The second-order valence-electron chi connectivity index (χ2n) is 16.3. The van der Waals surface area contributed by atoms with Gasteiger partial charge in [-0.25, -0.2) is 0 Å². The Morgan fingerprint density at radius 3 is 1.63 bits per heavy atom. The van der Waals surface area contributed by atoms with Crippen molar-refractivity contribution in [2.24, 2.45) is 0 Å². The summed E-state index contributed by atoms with van der Waals surface area (Å²) in [4.78, 5) is 4.82. The number of rotatable bonds is 6. The molecule has 0 radical (unpaired) electrons. The summed E-state index contributed by atoms with van der Waals surface area (Å²) in [7, 11) is 0. The summed E-state index contributed by atoms with van der Waals surface area (Å²) in [5.74, 6) is 0. The molecule has 9 rings (SSSR count). The Bertz CT molecular complexity index is 2720. The third-order valence-corrected chi connectivity index (χ3v) is 11.7. The minimum atomic E-state index is 0.0503. The summed E-state index contributed by atoms with van der Waals surface area (Å²) in [6.07, 6.45) is 0. The third kappa shape index (κ3) is 5.91. The van der Waals surface area contributed by atoms with E-state index in [0.29, 0.717) is 0 Å². The molecular weight excluding hydrogens is 677 g/mol. The lowest BCUT2D eigenvalue weighted by atomic mass is 9.86. The molecule has 3 nitrogen and oxygen atoms in total. The van der Waals surface area contributed by atoms with E-state index in [1.807, 2.05) is 17.4 Å².